The Kier molecular flexibility index (Phi) is 4.96. The number of nitrogens with zero attached hydrogens (tertiary/aromatic N) is 3. The Hall–Kier alpha value is -2.12. The van der Waals surface area contributed by atoms with Crippen LogP contribution in [0.1, 0.15) is 11.1 Å². The van der Waals surface area contributed by atoms with Gasteiger partial charge in [-0.1, -0.05) is 12.1 Å². The third kappa shape index (κ3) is 4.11. The molecule has 1 fully saturated rings. The predicted octanol–water partition coefficient (Wildman–Crippen LogP) is 2.25. The number of aryl methyl sites for hydroxylation is 2. The van der Waals surface area contributed by atoms with Crippen LogP contribution in [0.5, 0.6) is 0 Å². The summed E-state index contributed by atoms with van der Waals surface area (Å²) >= 11 is 0. The van der Waals surface area contributed by atoms with E-state index >= 15 is 0 Å². The lowest BCUT2D eigenvalue weighted by Crippen LogP contribution is -2.44. The molecule has 1 aliphatic rings. The topological polar surface area (TPSA) is 65.5 Å². The summed E-state index contributed by atoms with van der Waals surface area (Å²) in [6, 6.07) is 9.02. The maximum atomic E-state index is 12.6. The summed E-state index contributed by atoms with van der Waals surface area (Å²) in [5, 5.41) is 0. The van der Waals surface area contributed by atoms with E-state index in [0.717, 1.165) is 37.4 Å². The number of sulfonamides is 1. The van der Waals surface area contributed by atoms with Crippen LogP contribution in [0.3, 0.4) is 0 Å². The van der Waals surface area contributed by atoms with Gasteiger partial charge in [0.15, 0.2) is 0 Å². The molecule has 2 heterocycles. The van der Waals surface area contributed by atoms with Gasteiger partial charge in [0.25, 0.3) is 10.0 Å². The van der Waals surface area contributed by atoms with Crippen LogP contribution < -0.4 is 9.62 Å². The molecule has 1 N–H and O–H groups in total. The lowest BCUT2D eigenvalue weighted by Gasteiger charge is -2.33. The zero-order valence-electron chi connectivity index (χ0n) is 14.9. The first-order chi connectivity index (χ1) is 11.8. The highest BCUT2D eigenvalue weighted by Crippen LogP contribution is 2.21. The maximum Gasteiger partial charge on any atom is 0.263 e. The van der Waals surface area contributed by atoms with Gasteiger partial charge in [-0.2, -0.15) is 0 Å². The molecule has 1 aliphatic heterocycles. The van der Waals surface area contributed by atoms with Gasteiger partial charge in [-0.3, -0.25) is 4.72 Å². The van der Waals surface area contributed by atoms with Crippen LogP contribution in [-0.2, 0) is 10.0 Å². The fraction of sp³-hybridized carbons (Fsp3) is 0.389. The second-order valence-electron chi connectivity index (χ2n) is 6.57. The molecule has 0 saturated carbocycles. The molecule has 0 amide bonds. The highest BCUT2D eigenvalue weighted by Gasteiger charge is 2.18. The van der Waals surface area contributed by atoms with E-state index in [1.54, 1.807) is 25.3 Å². The van der Waals surface area contributed by atoms with E-state index < -0.39 is 10.0 Å². The Balaban J connectivity index is 1.75. The van der Waals surface area contributed by atoms with Crippen molar-refractivity contribution in [1.29, 1.82) is 0 Å². The van der Waals surface area contributed by atoms with Crippen molar-refractivity contribution in [2.75, 3.05) is 42.8 Å². The largest absolute Gasteiger partial charge is 0.368 e. The Labute approximate surface area is 149 Å². The van der Waals surface area contributed by atoms with Crippen LogP contribution >= 0.6 is 0 Å². The van der Waals surface area contributed by atoms with E-state index in [1.807, 2.05) is 25.1 Å². The molecule has 25 heavy (non-hydrogen) atoms. The lowest BCUT2D eigenvalue weighted by molar-refractivity contribution is 0.313. The average molecular weight is 360 g/mol. The Morgan fingerprint density at radius 1 is 1.04 bits per heavy atom. The van der Waals surface area contributed by atoms with Crippen LogP contribution in [-0.4, -0.2) is 51.5 Å². The summed E-state index contributed by atoms with van der Waals surface area (Å²) in [6.07, 6.45) is 1.73. The van der Waals surface area contributed by atoms with Gasteiger partial charge in [0.2, 0.25) is 0 Å². The zero-order chi connectivity index (χ0) is 18.0. The van der Waals surface area contributed by atoms with Gasteiger partial charge in [0, 0.05) is 26.2 Å². The molecular formula is C18H24N4O2S. The van der Waals surface area contributed by atoms with Crippen molar-refractivity contribution in [3.8, 4) is 0 Å². The first-order valence-electron chi connectivity index (χ1n) is 8.35. The van der Waals surface area contributed by atoms with Gasteiger partial charge in [0.1, 0.15) is 5.82 Å². The third-order valence-electron chi connectivity index (χ3n) is 4.49. The van der Waals surface area contributed by atoms with E-state index in [4.69, 9.17) is 0 Å². The van der Waals surface area contributed by atoms with Crippen LogP contribution in [0.2, 0.25) is 0 Å². The smallest absolute Gasteiger partial charge is 0.263 e. The molecule has 1 aromatic carbocycles. The molecule has 7 heteroatoms. The molecule has 0 spiro atoms. The molecule has 1 aromatic heterocycles. The van der Waals surface area contributed by atoms with Crippen LogP contribution in [0, 0.1) is 13.8 Å². The highest BCUT2D eigenvalue weighted by atomic mass is 32.2. The molecule has 0 aliphatic carbocycles. The van der Waals surface area contributed by atoms with Crippen molar-refractivity contribution in [3.05, 3.63) is 47.7 Å². The Bertz CT molecular complexity index is 842. The minimum atomic E-state index is -3.64. The molecule has 1 saturated heterocycles. The second kappa shape index (κ2) is 7.01. The third-order valence-corrected chi connectivity index (χ3v) is 5.99. The van der Waals surface area contributed by atoms with Gasteiger partial charge < -0.3 is 9.80 Å². The summed E-state index contributed by atoms with van der Waals surface area (Å²) in [5.74, 6) is 0.332. The number of hydrogen-bond donors (Lipinski definition) is 1. The number of aromatic nitrogens is 1. The van der Waals surface area contributed by atoms with Crippen molar-refractivity contribution < 1.29 is 8.42 Å². The van der Waals surface area contributed by atoms with E-state index in [1.165, 1.54) is 0 Å². The fourth-order valence-electron chi connectivity index (χ4n) is 2.89. The van der Waals surface area contributed by atoms with E-state index in [0.29, 0.717) is 11.4 Å². The SMILES string of the molecule is Cc1ccc(C)c(S(=O)(=O)Nc2ccc(N3CCN(C)CC3)cn2)c1. The standard InChI is InChI=1S/C18H24N4O2S/c1-14-4-5-15(2)17(12-14)25(23,24)20-18-7-6-16(13-19-18)22-10-8-21(3)9-11-22/h4-7,12-13H,8-11H2,1-3H3,(H,19,20). The second-order valence-corrected chi connectivity index (χ2v) is 8.22. The Morgan fingerprint density at radius 3 is 2.40 bits per heavy atom. The molecule has 6 nitrogen and oxygen atoms in total. The monoisotopic (exact) mass is 360 g/mol. The van der Waals surface area contributed by atoms with Crippen molar-refractivity contribution >= 4 is 21.5 Å². The predicted molar refractivity (Wildman–Crippen MR) is 101 cm³/mol. The molecule has 0 bridgehead atoms. The molecule has 0 radical (unpaired) electrons. The fourth-order valence-corrected chi connectivity index (χ4v) is 4.23. The minimum Gasteiger partial charge on any atom is -0.368 e. The molecular weight excluding hydrogens is 336 g/mol. The van der Waals surface area contributed by atoms with Gasteiger partial charge >= 0.3 is 0 Å². The van der Waals surface area contributed by atoms with E-state index in [-0.39, 0.29) is 4.90 Å². The average Bonchev–Trinajstić information content (AvgIpc) is 2.58. The number of rotatable bonds is 4. The summed E-state index contributed by atoms with van der Waals surface area (Å²) in [7, 11) is -1.53. The number of likely N-dealkylation sites (N-methyl/N-ethyl adjacent to an activating group) is 1. The summed E-state index contributed by atoms with van der Waals surface area (Å²) in [4.78, 5) is 9.13. The number of piperazine rings is 1. The first kappa shape index (κ1) is 17.7. The number of benzene rings is 1. The normalized spacial score (nSPS) is 16.0. The van der Waals surface area contributed by atoms with Crippen molar-refractivity contribution in [3.63, 3.8) is 0 Å². The summed E-state index contributed by atoms with van der Waals surface area (Å²) in [6.45, 7) is 7.60. The number of pyridine rings is 1. The highest BCUT2D eigenvalue weighted by molar-refractivity contribution is 7.92. The van der Waals surface area contributed by atoms with Gasteiger partial charge in [0.05, 0.1) is 16.8 Å². The quantitative estimate of drug-likeness (QED) is 0.906. The van der Waals surface area contributed by atoms with Crippen LogP contribution in [0.4, 0.5) is 11.5 Å². The van der Waals surface area contributed by atoms with Crippen molar-refractivity contribution in [1.82, 2.24) is 9.88 Å². The number of nitrogens with one attached hydrogen (secondary N) is 1. The summed E-state index contributed by atoms with van der Waals surface area (Å²) < 4.78 is 27.8. The van der Waals surface area contributed by atoms with Gasteiger partial charge in [-0.05, 0) is 50.2 Å². The number of anilines is 2. The zero-order valence-corrected chi connectivity index (χ0v) is 15.7. The van der Waals surface area contributed by atoms with Crippen LogP contribution in [0.25, 0.3) is 0 Å². The first-order valence-corrected chi connectivity index (χ1v) is 9.83. The van der Waals surface area contributed by atoms with E-state index in [2.05, 4.69) is 26.6 Å². The van der Waals surface area contributed by atoms with Crippen molar-refractivity contribution in [2.24, 2.45) is 0 Å². The lowest BCUT2D eigenvalue weighted by atomic mass is 10.2. The number of hydrogen-bond acceptors (Lipinski definition) is 5. The van der Waals surface area contributed by atoms with Gasteiger partial charge in [-0.15, -0.1) is 0 Å². The Morgan fingerprint density at radius 2 is 1.76 bits per heavy atom. The van der Waals surface area contributed by atoms with Gasteiger partial charge in [-0.25, -0.2) is 13.4 Å². The van der Waals surface area contributed by atoms with E-state index in [9.17, 15) is 8.42 Å². The van der Waals surface area contributed by atoms with Crippen molar-refractivity contribution in [2.45, 2.75) is 18.7 Å². The molecule has 0 atom stereocenters. The minimum absolute atomic E-state index is 0.289. The molecule has 3 rings (SSSR count). The molecule has 134 valence electrons. The van der Waals surface area contributed by atoms with Crippen LogP contribution in [0.15, 0.2) is 41.4 Å². The molecule has 2 aromatic rings. The summed E-state index contributed by atoms with van der Waals surface area (Å²) in [5.41, 5.74) is 2.64. The molecule has 0 unspecified atom stereocenters. The maximum absolute atomic E-state index is 12.6.